The predicted molar refractivity (Wildman–Crippen MR) is 97.8 cm³/mol. The second-order valence-electron chi connectivity index (χ2n) is 6.12. The highest BCUT2D eigenvalue weighted by molar-refractivity contribution is 5.78. The van der Waals surface area contributed by atoms with Crippen molar-refractivity contribution >= 4 is 5.91 Å². The molecule has 3 aromatic rings. The maximum atomic E-state index is 12.2. The fourth-order valence-electron chi connectivity index (χ4n) is 2.64. The molecule has 0 atom stereocenters. The Morgan fingerprint density at radius 2 is 1.92 bits per heavy atom. The summed E-state index contributed by atoms with van der Waals surface area (Å²) in [6.45, 7) is 4.24. The van der Waals surface area contributed by atoms with Gasteiger partial charge in [0.05, 0.1) is 20.1 Å². The summed E-state index contributed by atoms with van der Waals surface area (Å²) < 4.78 is 10.3. The maximum Gasteiger partial charge on any atom is 0.246 e. The van der Waals surface area contributed by atoms with Crippen LogP contribution in [0.25, 0.3) is 11.4 Å². The average molecular weight is 351 g/mol. The largest absolute Gasteiger partial charge is 0.497 e. The highest BCUT2D eigenvalue weighted by Crippen LogP contribution is 2.19. The van der Waals surface area contributed by atoms with Crippen LogP contribution in [0.15, 0.2) is 47.0 Å². The topological polar surface area (TPSA) is 77.3 Å². The monoisotopic (exact) mass is 351 g/mol. The van der Waals surface area contributed by atoms with Gasteiger partial charge >= 0.3 is 0 Å². The lowest BCUT2D eigenvalue weighted by Gasteiger charge is -2.07. The van der Waals surface area contributed by atoms with Gasteiger partial charge in [0.1, 0.15) is 5.75 Å². The van der Waals surface area contributed by atoms with Crippen LogP contribution < -0.4 is 10.1 Å². The Morgan fingerprint density at radius 3 is 2.62 bits per heavy atom. The summed E-state index contributed by atoms with van der Waals surface area (Å²) in [6.07, 6.45) is 0.325. The van der Waals surface area contributed by atoms with Crippen molar-refractivity contribution in [2.24, 2.45) is 0 Å². The van der Waals surface area contributed by atoms with E-state index in [0.29, 0.717) is 18.1 Å². The zero-order valence-corrected chi connectivity index (χ0v) is 15.1. The molecule has 0 bridgehead atoms. The van der Waals surface area contributed by atoms with Gasteiger partial charge in [-0.25, -0.2) is 0 Å². The van der Waals surface area contributed by atoms with Crippen LogP contribution in [0.2, 0.25) is 0 Å². The molecule has 1 N–H and O–H groups in total. The molecule has 6 nitrogen and oxygen atoms in total. The third kappa shape index (κ3) is 4.27. The Morgan fingerprint density at radius 1 is 1.15 bits per heavy atom. The van der Waals surface area contributed by atoms with Crippen molar-refractivity contribution in [3.8, 4) is 17.1 Å². The number of carbonyl (C=O) groups is 1. The highest BCUT2D eigenvalue weighted by Gasteiger charge is 2.11. The first-order valence-electron chi connectivity index (χ1n) is 8.35. The summed E-state index contributed by atoms with van der Waals surface area (Å²) >= 11 is 0. The van der Waals surface area contributed by atoms with E-state index in [0.717, 1.165) is 22.4 Å². The Balaban J connectivity index is 1.58. The van der Waals surface area contributed by atoms with Gasteiger partial charge in [0.25, 0.3) is 0 Å². The number of hydrogen-bond donors (Lipinski definition) is 1. The fraction of sp³-hybridized carbons (Fsp3) is 0.250. The molecule has 0 unspecified atom stereocenters. The first kappa shape index (κ1) is 17.7. The van der Waals surface area contributed by atoms with Crippen molar-refractivity contribution in [2.45, 2.75) is 26.8 Å². The molecule has 0 aliphatic carbocycles. The number of nitrogens with zero attached hydrogens (tertiary/aromatic N) is 2. The van der Waals surface area contributed by atoms with Crippen molar-refractivity contribution < 1.29 is 14.1 Å². The van der Waals surface area contributed by atoms with E-state index in [9.17, 15) is 4.79 Å². The van der Waals surface area contributed by atoms with E-state index in [1.54, 1.807) is 7.11 Å². The molecule has 134 valence electrons. The number of aromatic nitrogens is 2. The number of methoxy groups -OCH3 is 1. The number of amides is 1. The van der Waals surface area contributed by atoms with E-state index < -0.39 is 0 Å². The molecule has 6 heteroatoms. The molecule has 1 aromatic heterocycles. The smallest absolute Gasteiger partial charge is 0.246 e. The summed E-state index contributed by atoms with van der Waals surface area (Å²) in [5.74, 6) is 1.52. The van der Waals surface area contributed by atoms with Gasteiger partial charge in [-0.05, 0) is 49.2 Å². The van der Waals surface area contributed by atoms with Crippen molar-refractivity contribution in [2.75, 3.05) is 7.11 Å². The van der Waals surface area contributed by atoms with Crippen LogP contribution >= 0.6 is 0 Å². The lowest BCUT2D eigenvalue weighted by molar-refractivity contribution is -0.120. The highest BCUT2D eigenvalue weighted by atomic mass is 16.5. The molecule has 0 fully saturated rings. The van der Waals surface area contributed by atoms with E-state index in [2.05, 4.69) is 21.5 Å². The van der Waals surface area contributed by atoms with Gasteiger partial charge in [-0.15, -0.1) is 0 Å². The Hall–Kier alpha value is -3.15. The Kier molecular flexibility index (Phi) is 5.31. The lowest BCUT2D eigenvalue weighted by atomic mass is 10.0. The van der Waals surface area contributed by atoms with E-state index in [1.807, 2.05) is 50.2 Å². The van der Waals surface area contributed by atoms with E-state index in [-0.39, 0.29) is 12.5 Å². The van der Waals surface area contributed by atoms with Crippen molar-refractivity contribution in [1.82, 2.24) is 15.5 Å². The van der Waals surface area contributed by atoms with Crippen LogP contribution in [0.4, 0.5) is 0 Å². The van der Waals surface area contributed by atoms with Crippen LogP contribution in [0.5, 0.6) is 5.75 Å². The number of aryl methyl sites for hydroxylation is 2. The Bertz CT molecular complexity index is 901. The standard InChI is InChI=1S/C20H21N3O3/c1-13-4-5-16(14(2)10-13)11-18(24)21-12-19-22-20(23-26-19)15-6-8-17(25-3)9-7-15/h4-10H,11-12H2,1-3H3,(H,21,24). The number of benzene rings is 2. The quantitative estimate of drug-likeness (QED) is 0.738. The normalized spacial score (nSPS) is 10.6. The maximum absolute atomic E-state index is 12.2. The van der Waals surface area contributed by atoms with Gasteiger partial charge in [0, 0.05) is 5.56 Å². The van der Waals surface area contributed by atoms with Gasteiger partial charge in [0.2, 0.25) is 17.6 Å². The summed E-state index contributed by atoms with van der Waals surface area (Å²) in [6, 6.07) is 13.4. The molecule has 0 saturated heterocycles. The summed E-state index contributed by atoms with van der Waals surface area (Å²) in [5, 5.41) is 6.77. The number of nitrogens with one attached hydrogen (secondary N) is 1. The number of carbonyl (C=O) groups excluding carboxylic acids is 1. The molecule has 1 heterocycles. The molecule has 2 aromatic carbocycles. The van der Waals surface area contributed by atoms with Crippen LogP contribution in [0.3, 0.4) is 0 Å². The zero-order valence-electron chi connectivity index (χ0n) is 15.1. The number of ether oxygens (including phenoxy) is 1. The first-order chi connectivity index (χ1) is 12.5. The summed E-state index contributed by atoms with van der Waals surface area (Å²) in [5.41, 5.74) is 4.13. The van der Waals surface area contributed by atoms with Gasteiger partial charge in [-0.3, -0.25) is 4.79 Å². The second-order valence-corrected chi connectivity index (χ2v) is 6.12. The molecule has 0 radical (unpaired) electrons. The molecule has 0 saturated carbocycles. The van der Waals surface area contributed by atoms with E-state index >= 15 is 0 Å². The fourth-order valence-corrected chi connectivity index (χ4v) is 2.64. The minimum absolute atomic E-state index is 0.0823. The first-order valence-corrected chi connectivity index (χ1v) is 8.35. The predicted octanol–water partition coefficient (Wildman–Crippen LogP) is 3.22. The minimum Gasteiger partial charge on any atom is -0.497 e. The number of rotatable bonds is 6. The molecular weight excluding hydrogens is 330 g/mol. The molecule has 3 rings (SSSR count). The summed E-state index contributed by atoms with van der Waals surface area (Å²) in [7, 11) is 1.61. The third-order valence-corrected chi connectivity index (χ3v) is 4.10. The van der Waals surface area contributed by atoms with Crippen LogP contribution in [-0.2, 0) is 17.8 Å². The molecule has 0 aliphatic rings. The second kappa shape index (κ2) is 7.82. The Labute approximate surface area is 152 Å². The molecular formula is C20H21N3O3. The molecule has 26 heavy (non-hydrogen) atoms. The lowest BCUT2D eigenvalue weighted by Crippen LogP contribution is -2.25. The minimum atomic E-state index is -0.0823. The molecule has 1 amide bonds. The van der Waals surface area contributed by atoms with Gasteiger partial charge < -0.3 is 14.6 Å². The third-order valence-electron chi connectivity index (χ3n) is 4.10. The molecule has 0 spiro atoms. The SMILES string of the molecule is COc1ccc(-c2noc(CNC(=O)Cc3ccc(C)cc3C)n2)cc1. The van der Waals surface area contributed by atoms with Gasteiger partial charge in [-0.2, -0.15) is 4.98 Å². The van der Waals surface area contributed by atoms with Crippen LogP contribution in [0.1, 0.15) is 22.6 Å². The summed E-state index contributed by atoms with van der Waals surface area (Å²) in [4.78, 5) is 16.5. The van der Waals surface area contributed by atoms with Crippen molar-refractivity contribution in [3.05, 3.63) is 65.0 Å². The van der Waals surface area contributed by atoms with Crippen LogP contribution in [-0.4, -0.2) is 23.2 Å². The average Bonchev–Trinajstić information content (AvgIpc) is 3.11. The van der Waals surface area contributed by atoms with Crippen LogP contribution in [0, 0.1) is 13.8 Å². The van der Waals surface area contributed by atoms with Crippen molar-refractivity contribution in [3.63, 3.8) is 0 Å². The number of hydrogen-bond acceptors (Lipinski definition) is 5. The van der Waals surface area contributed by atoms with Gasteiger partial charge in [-0.1, -0.05) is 28.9 Å². The van der Waals surface area contributed by atoms with E-state index in [4.69, 9.17) is 9.26 Å². The van der Waals surface area contributed by atoms with Crippen molar-refractivity contribution in [1.29, 1.82) is 0 Å². The molecule has 0 aliphatic heterocycles. The zero-order chi connectivity index (χ0) is 18.5. The van der Waals surface area contributed by atoms with Gasteiger partial charge in [0.15, 0.2) is 0 Å². The van der Waals surface area contributed by atoms with E-state index in [1.165, 1.54) is 5.56 Å².